The number of sulfone groups is 1. The SMILES string of the molecule is CCN(C(=O)C1CCC(C(=O)NC2CC2)CC1)C1CCS(=O)(=O)C1. The van der Waals surface area contributed by atoms with Gasteiger partial charge in [-0.3, -0.25) is 9.59 Å². The molecule has 1 unspecified atom stereocenters. The fraction of sp³-hybridized carbons (Fsp3) is 0.882. The molecule has 2 amide bonds. The van der Waals surface area contributed by atoms with Crippen molar-refractivity contribution in [3.05, 3.63) is 0 Å². The Morgan fingerprint density at radius 3 is 2.12 bits per heavy atom. The minimum atomic E-state index is -2.99. The van der Waals surface area contributed by atoms with Gasteiger partial charge in [0.05, 0.1) is 11.5 Å². The van der Waals surface area contributed by atoms with Crippen molar-refractivity contribution in [1.29, 1.82) is 0 Å². The molecule has 1 atom stereocenters. The Morgan fingerprint density at radius 1 is 1.00 bits per heavy atom. The molecule has 2 aliphatic carbocycles. The summed E-state index contributed by atoms with van der Waals surface area (Å²) >= 11 is 0. The van der Waals surface area contributed by atoms with Crippen molar-refractivity contribution in [1.82, 2.24) is 10.2 Å². The van der Waals surface area contributed by atoms with Gasteiger partial charge in [-0.05, 0) is 51.9 Å². The number of hydrogen-bond donors (Lipinski definition) is 1. The van der Waals surface area contributed by atoms with Gasteiger partial charge >= 0.3 is 0 Å². The highest BCUT2D eigenvalue weighted by molar-refractivity contribution is 7.91. The van der Waals surface area contributed by atoms with Crippen LogP contribution in [0.25, 0.3) is 0 Å². The van der Waals surface area contributed by atoms with Crippen LogP contribution in [0.3, 0.4) is 0 Å². The minimum Gasteiger partial charge on any atom is -0.353 e. The number of amides is 2. The molecule has 0 bridgehead atoms. The number of carbonyl (C=O) groups is 2. The second kappa shape index (κ2) is 7.02. The molecule has 0 aromatic heterocycles. The molecular formula is C17H28N2O4S. The summed E-state index contributed by atoms with van der Waals surface area (Å²) in [5.41, 5.74) is 0. The molecule has 24 heavy (non-hydrogen) atoms. The van der Waals surface area contributed by atoms with Crippen molar-refractivity contribution in [3.63, 3.8) is 0 Å². The van der Waals surface area contributed by atoms with Crippen molar-refractivity contribution in [2.24, 2.45) is 11.8 Å². The number of hydrogen-bond acceptors (Lipinski definition) is 4. The first-order valence-electron chi connectivity index (χ1n) is 9.21. The van der Waals surface area contributed by atoms with E-state index >= 15 is 0 Å². The van der Waals surface area contributed by atoms with Crippen molar-refractivity contribution < 1.29 is 18.0 Å². The maximum absolute atomic E-state index is 12.8. The van der Waals surface area contributed by atoms with Gasteiger partial charge in [-0.15, -0.1) is 0 Å². The van der Waals surface area contributed by atoms with E-state index in [0.717, 1.165) is 38.5 Å². The van der Waals surface area contributed by atoms with Crippen LogP contribution in [0.5, 0.6) is 0 Å². The summed E-state index contributed by atoms with van der Waals surface area (Å²) in [6, 6.07) is 0.222. The zero-order valence-electron chi connectivity index (χ0n) is 14.4. The van der Waals surface area contributed by atoms with E-state index < -0.39 is 9.84 Å². The van der Waals surface area contributed by atoms with Crippen molar-refractivity contribution >= 4 is 21.7 Å². The van der Waals surface area contributed by atoms with Crippen LogP contribution >= 0.6 is 0 Å². The van der Waals surface area contributed by atoms with Gasteiger partial charge in [0.15, 0.2) is 9.84 Å². The zero-order valence-corrected chi connectivity index (χ0v) is 15.2. The third-order valence-corrected chi connectivity index (χ3v) is 7.39. The van der Waals surface area contributed by atoms with Crippen LogP contribution in [0.2, 0.25) is 0 Å². The minimum absolute atomic E-state index is 0.0385. The zero-order chi connectivity index (χ0) is 17.3. The monoisotopic (exact) mass is 356 g/mol. The predicted molar refractivity (Wildman–Crippen MR) is 91.1 cm³/mol. The van der Waals surface area contributed by atoms with Crippen LogP contribution in [0.4, 0.5) is 0 Å². The topological polar surface area (TPSA) is 83.6 Å². The Balaban J connectivity index is 1.52. The lowest BCUT2D eigenvalue weighted by molar-refractivity contribution is -0.140. The molecule has 3 aliphatic rings. The van der Waals surface area contributed by atoms with E-state index in [1.807, 2.05) is 6.92 Å². The molecule has 7 heteroatoms. The largest absolute Gasteiger partial charge is 0.353 e. The van der Waals surface area contributed by atoms with E-state index in [1.165, 1.54) is 0 Å². The standard InChI is InChI=1S/C17H28N2O4S/c1-2-19(15-9-10-24(22,23)11-15)17(21)13-5-3-12(4-6-13)16(20)18-14-7-8-14/h12-15H,2-11H2,1H3,(H,18,20). The lowest BCUT2D eigenvalue weighted by Gasteiger charge is -2.34. The summed E-state index contributed by atoms with van der Waals surface area (Å²) in [7, 11) is -2.99. The molecule has 0 spiro atoms. The molecule has 1 aliphatic heterocycles. The van der Waals surface area contributed by atoms with Gasteiger partial charge in [-0.25, -0.2) is 8.42 Å². The third-order valence-electron chi connectivity index (χ3n) is 5.64. The fourth-order valence-electron chi connectivity index (χ4n) is 4.00. The van der Waals surface area contributed by atoms with E-state index in [1.54, 1.807) is 4.90 Å². The lowest BCUT2D eigenvalue weighted by atomic mass is 9.80. The van der Waals surface area contributed by atoms with E-state index in [0.29, 0.717) is 19.0 Å². The second-order valence-electron chi connectivity index (χ2n) is 7.51. The van der Waals surface area contributed by atoms with E-state index in [4.69, 9.17) is 0 Å². The first-order chi connectivity index (χ1) is 11.4. The average Bonchev–Trinajstić information content (AvgIpc) is 3.30. The highest BCUT2D eigenvalue weighted by Gasteiger charge is 2.38. The first kappa shape index (κ1) is 17.7. The molecule has 1 N–H and O–H groups in total. The molecular weight excluding hydrogens is 328 g/mol. The molecule has 2 saturated carbocycles. The Hall–Kier alpha value is -1.11. The van der Waals surface area contributed by atoms with E-state index in [2.05, 4.69) is 5.32 Å². The van der Waals surface area contributed by atoms with Crippen LogP contribution in [0, 0.1) is 11.8 Å². The Labute approximate surface area is 144 Å². The van der Waals surface area contributed by atoms with E-state index in [-0.39, 0.29) is 41.2 Å². The highest BCUT2D eigenvalue weighted by Crippen LogP contribution is 2.32. The van der Waals surface area contributed by atoms with Gasteiger partial charge in [0.1, 0.15) is 0 Å². The van der Waals surface area contributed by atoms with Crippen LogP contribution in [-0.2, 0) is 19.4 Å². The van der Waals surface area contributed by atoms with Crippen molar-refractivity contribution in [2.45, 2.75) is 64.0 Å². The molecule has 136 valence electrons. The molecule has 6 nitrogen and oxygen atoms in total. The average molecular weight is 356 g/mol. The van der Waals surface area contributed by atoms with Crippen molar-refractivity contribution in [2.75, 3.05) is 18.1 Å². The summed E-state index contributed by atoms with van der Waals surface area (Å²) in [6.07, 6.45) is 5.73. The highest BCUT2D eigenvalue weighted by atomic mass is 32.2. The summed E-state index contributed by atoms with van der Waals surface area (Å²) in [6.45, 7) is 2.47. The van der Waals surface area contributed by atoms with Gasteiger partial charge in [0, 0.05) is 30.5 Å². The maximum atomic E-state index is 12.8. The number of nitrogens with zero attached hydrogens (tertiary/aromatic N) is 1. The molecule has 3 fully saturated rings. The molecule has 1 heterocycles. The maximum Gasteiger partial charge on any atom is 0.225 e. The molecule has 0 aromatic rings. The quantitative estimate of drug-likeness (QED) is 0.800. The van der Waals surface area contributed by atoms with Gasteiger partial charge in [-0.2, -0.15) is 0 Å². The van der Waals surface area contributed by atoms with Gasteiger partial charge in [0.25, 0.3) is 0 Å². The van der Waals surface area contributed by atoms with Gasteiger partial charge in [0.2, 0.25) is 11.8 Å². The lowest BCUT2D eigenvalue weighted by Crippen LogP contribution is -2.45. The Bertz CT molecular complexity index is 592. The summed E-state index contributed by atoms with van der Waals surface area (Å²) in [4.78, 5) is 26.7. The Kier molecular flexibility index (Phi) is 5.18. The molecule has 3 rings (SSSR count). The van der Waals surface area contributed by atoms with Gasteiger partial charge in [-0.1, -0.05) is 0 Å². The predicted octanol–water partition coefficient (Wildman–Crippen LogP) is 1.11. The van der Waals surface area contributed by atoms with E-state index in [9.17, 15) is 18.0 Å². The fourth-order valence-corrected chi connectivity index (χ4v) is 5.73. The second-order valence-corrected chi connectivity index (χ2v) is 9.74. The smallest absolute Gasteiger partial charge is 0.225 e. The van der Waals surface area contributed by atoms with Crippen LogP contribution in [-0.4, -0.2) is 55.3 Å². The normalized spacial score (nSPS) is 32.3. The van der Waals surface area contributed by atoms with Gasteiger partial charge < -0.3 is 10.2 Å². The Morgan fingerprint density at radius 2 is 1.62 bits per heavy atom. The number of rotatable bonds is 5. The van der Waals surface area contributed by atoms with Crippen molar-refractivity contribution in [3.8, 4) is 0 Å². The van der Waals surface area contributed by atoms with Crippen LogP contribution < -0.4 is 5.32 Å². The molecule has 0 aromatic carbocycles. The number of carbonyl (C=O) groups excluding carboxylic acids is 2. The summed E-state index contributed by atoms with van der Waals surface area (Å²) in [5, 5.41) is 3.05. The first-order valence-corrected chi connectivity index (χ1v) is 11.0. The number of nitrogens with one attached hydrogen (secondary N) is 1. The summed E-state index contributed by atoms with van der Waals surface area (Å²) in [5.74, 6) is 0.509. The molecule has 0 radical (unpaired) electrons. The molecule has 1 saturated heterocycles. The third kappa shape index (κ3) is 4.10. The summed E-state index contributed by atoms with van der Waals surface area (Å²) < 4.78 is 23.4. The van der Waals surface area contributed by atoms with Crippen LogP contribution in [0.15, 0.2) is 0 Å². The van der Waals surface area contributed by atoms with Crippen LogP contribution in [0.1, 0.15) is 51.9 Å².